The molecular formula is C11H13BrN2O2S. The number of rotatable bonds is 4. The van der Waals surface area contributed by atoms with Crippen LogP contribution in [0.5, 0.6) is 0 Å². The highest BCUT2D eigenvalue weighted by molar-refractivity contribution is 9.10. The van der Waals surface area contributed by atoms with Gasteiger partial charge in [0.05, 0.1) is 16.4 Å². The first kappa shape index (κ1) is 14.2. The number of hydrogen-bond donors (Lipinski definition) is 1. The smallest absolute Gasteiger partial charge is 0.210 e. The number of nitrogens with zero attached hydrogens (tertiary/aromatic N) is 1. The lowest BCUT2D eigenvalue weighted by Gasteiger charge is -2.16. The number of benzene rings is 1. The van der Waals surface area contributed by atoms with Crippen LogP contribution < -0.4 is 4.72 Å². The molecular weight excluding hydrogens is 304 g/mol. The summed E-state index contributed by atoms with van der Waals surface area (Å²) in [6.45, 7) is 3.43. The van der Waals surface area contributed by atoms with Crippen molar-refractivity contribution >= 4 is 26.0 Å². The monoisotopic (exact) mass is 316 g/mol. The standard InChI is InChI=1S/C11H13BrN2O2S/c1-11(2,7-13)8-14-17(15,16)10-6-4-3-5-9(10)12/h3-6,14H,8H2,1-2H3. The van der Waals surface area contributed by atoms with Gasteiger partial charge in [0.1, 0.15) is 0 Å². The van der Waals surface area contributed by atoms with Gasteiger partial charge in [-0.25, -0.2) is 13.1 Å². The van der Waals surface area contributed by atoms with E-state index in [4.69, 9.17) is 5.26 Å². The largest absolute Gasteiger partial charge is 0.241 e. The van der Waals surface area contributed by atoms with Crippen molar-refractivity contribution in [1.29, 1.82) is 5.26 Å². The van der Waals surface area contributed by atoms with Crippen molar-refractivity contribution < 1.29 is 8.42 Å². The van der Waals surface area contributed by atoms with Crippen LogP contribution in [0.2, 0.25) is 0 Å². The lowest BCUT2D eigenvalue weighted by molar-refractivity contribution is 0.478. The summed E-state index contributed by atoms with van der Waals surface area (Å²) >= 11 is 3.19. The summed E-state index contributed by atoms with van der Waals surface area (Å²) in [5.41, 5.74) is -0.728. The van der Waals surface area contributed by atoms with Crippen molar-refractivity contribution in [2.24, 2.45) is 5.41 Å². The number of nitriles is 1. The molecule has 0 radical (unpaired) electrons. The van der Waals surface area contributed by atoms with Gasteiger partial charge in [-0.3, -0.25) is 0 Å². The zero-order valence-electron chi connectivity index (χ0n) is 9.57. The minimum Gasteiger partial charge on any atom is -0.210 e. The third kappa shape index (κ3) is 3.80. The second-order valence-electron chi connectivity index (χ2n) is 4.25. The van der Waals surface area contributed by atoms with E-state index in [1.54, 1.807) is 32.0 Å². The average molecular weight is 317 g/mol. The van der Waals surface area contributed by atoms with Gasteiger partial charge in [0.25, 0.3) is 0 Å². The van der Waals surface area contributed by atoms with Crippen molar-refractivity contribution in [2.45, 2.75) is 18.7 Å². The van der Waals surface area contributed by atoms with E-state index in [0.29, 0.717) is 4.47 Å². The number of hydrogen-bond acceptors (Lipinski definition) is 3. The lowest BCUT2D eigenvalue weighted by Crippen LogP contribution is -2.33. The van der Waals surface area contributed by atoms with Gasteiger partial charge < -0.3 is 0 Å². The summed E-state index contributed by atoms with van der Waals surface area (Å²) in [6.07, 6.45) is 0. The second-order valence-corrected chi connectivity index (χ2v) is 6.84. The van der Waals surface area contributed by atoms with E-state index in [9.17, 15) is 8.42 Å². The van der Waals surface area contributed by atoms with Crippen LogP contribution in [0, 0.1) is 16.7 Å². The molecule has 0 bridgehead atoms. The van der Waals surface area contributed by atoms with E-state index in [0.717, 1.165) is 0 Å². The van der Waals surface area contributed by atoms with Crippen LogP contribution in [0.25, 0.3) is 0 Å². The molecule has 1 aromatic rings. The Labute approximate surface area is 110 Å². The highest BCUT2D eigenvalue weighted by atomic mass is 79.9. The van der Waals surface area contributed by atoms with Crippen LogP contribution in [0.15, 0.2) is 33.6 Å². The number of nitrogens with one attached hydrogen (secondary N) is 1. The fraction of sp³-hybridized carbons (Fsp3) is 0.364. The Morgan fingerprint density at radius 1 is 1.41 bits per heavy atom. The summed E-state index contributed by atoms with van der Waals surface area (Å²) in [7, 11) is -3.58. The topological polar surface area (TPSA) is 70.0 Å². The third-order valence-corrected chi connectivity index (χ3v) is 4.55. The molecule has 17 heavy (non-hydrogen) atoms. The summed E-state index contributed by atoms with van der Waals surface area (Å²) in [5, 5.41) is 8.82. The molecule has 1 N–H and O–H groups in total. The van der Waals surface area contributed by atoms with Gasteiger partial charge in [-0.2, -0.15) is 5.26 Å². The van der Waals surface area contributed by atoms with Gasteiger partial charge in [-0.15, -0.1) is 0 Å². The Morgan fingerprint density at radius 2 is 2.00 bits per heavy atom. The van der Waals surface area contributed by atoms with E-state index >= 15 is 0 Å². The molecule has 0 aliphatic rings. The Hall–Kier alpha value is -0.900. The first-order valence-corrected chi connectivity index (χ1v) is 7.21. The maximum absolute atomic E-state index is 12.0. The molecule has 0 aromatic heterocycles. The highest BCUT2D eigenvalue weighted by Gasteiger charge is 2.22. The second kappa shape index (κ2) is 5.17. The summed E-state index contributed by atoms with van der Waals surface area (Å²) < 4.78 is 26.9. The van der Waals surface area contributed by atoms with E-state index in [-0.39, 0.29) is 11.4 Å². The predicted molar refractivity (Wildman–Crippen MR) is 68.7 cm³/mol. The van der Waals surface area contributed by atoms with Crippen LogP contribution in [-0.4, -0.2) is 15.0 Å². The van der Waals surface area contributed by atoms with Crippen molar-refractivity contribution in [3.8, 4) is 6.07 Å². The van der Waals surface area contributed by atoms with Gasteiger partial charge in [0.15, 0.2) is 0 Å². The Kier molecular flexibility index (Phi) is 4.31. The fourth-order valence-electron chi connectivity index (χ4n) is 1.06. The van der Waals surface area contributed by atoms with Crippen LogP contribution in [-0.2, 0) is 10.0 Å². The van der Waals surface area contributed by atoms with Crippen LogP contribution in [0.3, 0.4) is 0 Å². The maximum atomic E-state index is 12.0. The maximum Gasteiger partial charge on any atom is 0.241 e. The highest BCUT2D eigenvalue weighted by Crippen LogP contribution is 2.21. The summed E-state index contributed by atoms with van der Waals surface area (Å²) in [6, 6.07) is 8.59. The van der Waals surface area contributed by atoms with Crippen molar-refractivity contribution in [1.82, 2.24) is 4.72 Å². The van der Waals surface area contributed by atoms with Gasteiger partial charge in [-0.05, 0) is 41.9 Å². The van der Waals surface area contributed by atoms with E-state index in [1.807, 2.05) is 6.07 Å². The van der Waals surface area contributed by atoms with Crippen LogP contribution >= 0.6 is 15.9 Å². The van der Waals surface area contributed by atoms with Crippen molar-refractivity contribution in [2.75, 3.05) is 6.54 Å². The minimum atomic E-state index is -3.58. The van der Waals surface area contributed by atoms with Crippen molar-refractivity contribution in [3.05, 3.63) is 28.7 Å². The molecule has 0 amide bonds. The third-order valence-electron chi connectivity index (χ3n) is 2.13. The van der Waals surface area contributed by atoms with E-state index in [2.05, 4.69) is 20.7 Å². The quantitative estimate of drug-likeness (QED) is 0.926. The van der Waals surface area contributed by atoms with E-state index in [1.165, 1.54) is 6.07 Å². The molecule has 0 atom stereocenters. The summed E-state index contributed by atoms with van der Waals surface area (Å²) in [5.74, 6) is 0. The van der Waals surface area contributed by atoms with Gasteiger partial charge in [-0.1, -0.05) is 12.1 Å². The molecule has 0 aliphatic heterocycles. The molecule has 0 heterocycles. The fourth-order valence-corrected chi connectivity index (χ4v) is 3.27. The lowest BCUT2D eigenvalue weighted by atomic mass is 9.97. The first-order valence-electron chi connectivity index (χ1n) is 4.94. The average Bonchev–Trinajstić information content (AvgIpc) is 2.27. The van der Waals surface area contributed by atoms with Gasteiger partial charge >= 0.3 is 0 Å². The molecule has 0 unspecified atom stereocenters. The summed E-state index contributed by atoms with van der Waals surface area (Å²) in [4.78, 5) is 0.175. The molecule has 1 rings (SSSR count). The SMILES string of the molecule is CC(C)(C#N)CNS(=O)(=O)c1ccccc1Br. The Morgan fingerprint density at radius 3 is 2.53 bits per heavy atom. The molecule has 6 heteroatoms. The van der Waals surface area contributed by atoms with E-state index < -0.39 is 15.4 Å². The zero-order valence-corrected chi connectivity index (χ0v) is 12.0. The molecule has 1 aromatic carbocycles. The van der Waals surface area contributed by atoms with Crippen LogP contribution in [0.4, 0.5) is 0 Å². The Balaban J connectivity index is 2.92. The Bertz CT molecular complexity index is 547. The molecule has 0 saturated carbocycles. The molecule has 92 valence electrons. The zero-order chi connectivity index (χ0) is 13.1. The molecule has 0 saturated heterocycles. The van der Waals surface area contributed by atoms with Crippen molar-refractivity contribution in [3.63, 3.8) is 0 Å². The van der Waals surface area contributed by atoms with Crippen LogP contribution in [0.1, 0.15) is 13.8 Å². The normalized spacial score (nSPS) is 12.1. The molecule has 0 spiro atoms. The molecule has 0 aliphatic carbocycles. The molecule has 0 fully saturated rings. The predicted octanol–water partition coefficient (Wildman–Crippen LogP) is 2.28. The number of halogens is 1. The number of sulfonamides is 1. The molecule has 4 nitrogen and oxygen atoms in total. The first-order chi connectivity index (χ1) is 7.78. The minimum absolute atomic E-state index is 0.0766. The van der Waals surface area contributed by atoms with Gasteiger partial charge in [0.2, 0.25) is 10.0 Å². The van der Waals surface area contributed by atoms with Gasteiger partial charge in [0, 0.05) is 11.0 Å².